The number of amides is 1. The molecule has 0 heterocycles. The molecular formula is C18H18N2O2. The maximum atomic E-state index is 12.2. The zero-order valence-corrected chi connectivity index (χ0v) is 12.7. The molecule has 2 aromatic carbocycles. The van der Waals surface area contributed by atoms with Crippen molar-refractivity contribution in [3.05, 3.63) is 54.1 Å². The van der Waals surface area contributed by atoms with Gasteiger partial charge in [-0.1, -0.05) is 24.1 Å². The minimum Gasteiger partial charge on any atom is -0.495 e. The number of nitrogens with zero attached hydrogens (tertiary/aromatic N) is 1. The van der Waals surface area contributed by atoms with Crippen LogP contribution in [0.1, 0.15) is 5.56 Å². The van der Waals surface area contributed by atoms with E-state index in [1.807, 2.05) is 54.4 Å². The molecular weight excluding hydrogens is 276 g/mol. The van der Waals surface area contributed by atoms with Crippen molar-refractivity contribution < 1.29 is 9.53 Å². The Hall–Kier alpha value is -2.93. The number of benzene rings is 2. The monoisotopic (exact) mass is 294 g/mol. The molecule has 0 aliphatic rings. The van der Waals surface area contributed by atoms with Crippen molar-refractivity contribution >= 4 is 17.3 Å². The van der Waals surface area contributed by atoms with Crippen LogP contribution in [0.15, 0.2) is 48.5 Å². The molecule has 0 saturated heterocycles. The quantitative estimate of drug-likeness (QED) is 0.862. The zero-order valence-electron chi connectivity index (χ0n) is 12.7. The van der Waals surface area contributed by atoms with Gasteiger partial charge in [-0.3, -0.25) is 4.79 Å². The van der Waals surface area contributed by atoms with Gasteiger partial charge in [-0.25, -0.2) is 0 Å². The van der Waals surface area contributed by atoms with E-state index in [4.69, 9.17) is 11.2 Å². The highest BCUT2D eigenvalue weighted by atomic mass is 16.5. The van der Waals surface area contributed by atoms with E-state index >= 15 is 0 Å². The van der Waals surface area contributed by atoms with Gasteiger partial charge in [-0.2, -0.15) is 0 Å². The summed E-state index contributed by atoms with van der Waals surface area (Å²) in [6, 6.07) is 14.8. The highest BCUT2D eigenvalue weighted by Crippen LogP contribution is 2.26. The van der Waals surface area contributed by atoms with Gasteiger partial charge in [0.25, 0.3) is 0 Å². The highest BCUT2D eigenvalue weighted by molar-refractivity contribution is 5.94. The summed E-state index contributed by atoms with van der Waals surface area (Å²) in [7, 11) is 3.45. The van der Waals surface area contributed by atoms with E-state index in [0.29, 0.717) is 5.69 Å². The molecule has 22 heavy (non-hydrogen) atoms. The number of carbonyl (C=O) groups is 1. The van der Waals surface area contributed by atoms with Crippen LogP contribution in [0.25, 0.3) is 0 Å². The topological polar surface area (TPSA) is 41.6 Å². The second kappa shape index (κ2) is 7.19. The first-order valence-electron chi connectivity index (χ1n) is 6.84. The number of anilines is 2. The largest absolute Gasteiger partial charge is 0.495 e. The Balaban J connectivity index is 2.03. The second-order valence-electron chi connectivity index (χ2n) is 4.80. The summed E-state index contributed by atoms with van der Waals surface area (Å²) in [5.41, 5.74) is 2.28. The molecule has 0 bridgehead atoms. The first kappa shape index (κ1) is 15.5. The number of nitrogens with one attached hydrogen (secondary N) is 1. The van der Waals surface area contributed by atoms with E-state index in [-0.39, 0.29) is 12.5 Å². The van der Waals surface area contributed by atoms with Crippen molar-refractivity contribution in [3.63, 3.8) is 0 Å². The fourth-order valence-electron chi connectivity index (χ4n) is 2.13. The van der Waals surface area contributed by atoms with Crippen LogP contribution < -0.4 is 15.0 Å². The summed E-state index contributed by atoms with van der Waals surface area (Å²) in [6.07, 6.45) is 5.35. The van der Waals surface area contributed by atoms with Gasteiger partial charge in [-0.15, -0.1) is 6.42 Å². The summed E-state index contributed by atoms with van der Waals surface area (Å²) in [6.45, 7) is 0.209. The number of terminal acetylenes is 1. The number of ether oxygens (including phenoxy) is 1. The fourth-order valence-corrected chi connectivity index (χ4v) is 2.13. The van der Waals surface area contributed by atoms with Gasteiger partial charge in [0.2, 0.25) is 5.91 Å². The Kier molecular flexibility index (Phi) is 5.05. The van der Waals surface area contributed by atoms with Crippen LogP contribution in [-0.4, -0.2) is 26.6 Å². The van der Waals surface area contributed by atoms with Gasteiger partial charge in [0.1, 0.15) is 5.75 Å². The van der Waals surface area contributed by atoms with Crippen LogP contribution in [0.4, 0.5) is 11.4 Å². The predicted octanol–water partition coefficient (Wildman–Crippen LogP) is 2.75. The van der Waals surface area contributed by atoms with Crippen LogP contribution in [-0.2, 0) is 4.79 Å². The normalized spacial score (nSPS) is 9.68. The molecule has 1 N–H and O–H groups in total. The van der Waals surface area contributed by atoms with Crippen LogP contribution in [0.2, 0.25) is 0 Å². The average molecular weight is 294 g/mol. The summed E-state index contributed by atoms with van der Waals surface area (Å²) < 4.78 is 5.30. The molecule has 0 fully saturated rings. The third-order valence-electron chi connectivity index (χ3n) is 3.19. The molecule has 112 valence electrons. The SMILES string of the molecule is C#Cc1cccc(NC(=O)CN(C)c2ccccc2OC)c1. The van der Waals surface area contributed by atoms with E-state index in [0.717, 1.165) is 17.0 Å². The third-order valence-corrected chi connectivity index (χ3v) is 3.19. The zero-order chi connectivity index (χ0) is 15.9. The van der Waals surface area contributed by atoms with Crippen molar-refractivity contribution in [2.24, 2.45) is 0 Å². The van der Waals surface area contributed by atoms with Crippen LogP contribution in [0.3, 0.4) is 0 Å². The van der Waals surface area contributed by atoms with Crippen molar-refractivity contribution in [3.8, 4) is 18.1 Å². The fraction of sp³-hybridized carbons (Fsp3) is 0.167. The smallest absolute Gasteiger partial charge is 0.243 e. The Labute approximate surface area is 130 Å². The van der Waals surface area contributed by atoms with Gasteiger partial charge in [0.15, 0.2) is 0 Å². The van der Waals surface area contributed by atoms with Crippen LogP contribution >= 0.6 is 0 Å². The number of rotatable bonds is 5. The van der Waals surface area contributed by atoms with Crippen molar-refractivity contribution in [1.29, 1.82) is 0 Å². The maximum Gasteiger partial charge on any atom is 0.243 e. The molecule has 0 spiro atoms. The second-order valence-corrected chi connectivity index (χ2v) is 4.80. The molecule has 4 heteroatoms. The molecule has 0 unspecified atom stereocenters. The van der Waals surface area contributed by atoms with E-state index < -0.39 is 0 Å². The van der Waals surface area contributed by atoms with Crippen molar-refractivity contribution in [2.45, 2.75) is 0 Å². The van der Waals surface area contributed by atoms with E-state index in [2.05, 4.69) is 11.2 Å². The average Bonchev–Trinajstić information content (AvgIpc) is 2.54. The number of hydrogen-bond donors (Lipinski definition) is 1. The Morgan fingerprint density at radius 3 is 2.77 bits per heavy atom. The first-order valence-corrected chi connectivity index (χ1v) is 6.84. The summed E-state index contributed by atoms with van der Waals surface area (Å²) in [5, 5.41) is 2.84. The predicted molar refractivity (Wildman–Crippen MR) is 89.3 cm³/mol. The van der Waals surface area contributed by atoms with Gasteiger partial charge < -0.3 is 15.0 Å². The molecule has 1 amide bonds. The van der Waals surface area contributed by atoms with E-state index in [1.165, 1.54) is 0 Å². The van der Waals surface area contributed by atoms with Gasteiger partial charge in [-0.05, 0) is 30.3 Å². The lowest BCUT2D eigenvalue weighted by Crippen LogP contribution is -2.30. The van der Waals surface area contributed by atoms with Gasteiger partial charge >= 0.3 is 0 Å². The molecule has 0 aromatic heterocycles. The maximum absolute atomic E-state index is 12.2. The standard InChI is InChI=1S/C18H18N2O2/c1-4-14-8-7-9-15(12-14)19-18(21)13-20(2)16-10-5-6-11-17(16)22-3/h1,5-12H,13H2,2-3H3,(H,19,21). The van der Waals surface area contributed by atoms with E-state index in [1.54, 1.807) is 13.2 Å². The number of para-hydroxylation sites is 2. The number of hydrogen-bond acceptors (Lipinski definition) is 3. The van der Waals surface area contributed by atoms with Gasteiger partial charge in [0, 0.05) is 18.3 Å². The Morgan fingerprint density at radius 2 is 2.05 bits per heavy atom. The molecule has 4 nitrogen and oxygen atoms in total. The Morgan fingerprint density at radius 1 is 1.27 bits per heavy atom. The minimum atomic E-state index is -0.123. The number of carbonyl (C=O) groups excluding carboxylic acids is 1. The number of methoxy groups -OCH3 is 1. The van der Waals surface area contributed by atoms with Crippen LogP contribution in [0.5, 0.6) is 5.75 Å². The highest BCUT2D eigenvalue weighted by Gasteiger charge is 2.11. The molecule has 0 aliphatic heterocycles. The van der Waals surface area contributed by atoms with Crippen molar-refractivity contribution in [2.75, 3.05) is 30.9 Å². The lowest BCUT2D eigenvalue weighted by molar-refractivity contribution is -0.114. The molecule has 2 rings (SSSR count). The summed E-state index contributed by atoms with van der Waals surface area (Å²) in [4.78, 5) is 14.0. The van der Waals surface area contributed by atoms with Crippen molar-refractivity contribution in [1.82, 2.24) is 0 Å². The summed E-state index contributed by atoms with van der Waals surface area (Å²) in [5.74, 6) is 3.15. The number of likely N-dealkylation sites (N-methyl/N-ethyl adjacent to an activating group) is 1. The molecule has 0 atom stereocenters. The molecule has 2 aromatic rings. The lowest BCUT2D eigenvalue weighted by atomic mass is 10.2. The van der Waals surface area contributed by atoms with E-state index in [9.17, 15) is 4.79 Å². The first-order chi connectivity index (χ1) is 10.6. The third kappa shape index (κ3) is 3.80. The Bertz CT molecular complexity index is 704. The van der Waals surface area contributed by atoms with Gasteiger partial charge in [0.05, 0.1) is 19.3 Å². The molecule has 0 radical (unpaired) electrons. The molecule has 0 aliphatic carbocycles. The molecule has 0 saturated carbocycles. The lowest BCUT2D eigenvalue weighted by Gasteiger charge is -2.21. The minimum absolute atomic E-state index is 0.123. The summed E-state index contributed by atoms with van der Waals surface area (Å²) >= 11 is 0. The van der Waals surface area contributed by atoms with Crippen LogP contribution in [0, 0.1) is 12.3 Å².